The van der Waals surface area contributed by atoms with Crippen molar-refractivity contribution in [1.29, 1.82) is 0 Å². The van der Waals surface area contributed by atoms with Crippen molar-refractivity contribution in [2.24, 2.45) is 0 Å². The van der Waals surface area contributed by atoms with E-state index in [1.165, 1.54) is 17.1 Å². The van der Waals surface area contributed by atoms with Crippen molar-refractivity contribution in [2.75, 3.05) is 11.9 Å². The molecule has 2 rings (SSSR count). The highest BCUT2D eigenvalue weighted by molar-refractivity contribution is 7.09. The van der Waals surface area contributed by atoms with Gasteiger partial charge in [-0.15, -0.1) is 0 Å². The largest absolute Gasteiger partial charge is 0.358 e. The molecule has 0 fully saturated rings. The maximum absolute atomic E-state index is 4.18. The Morgan fingerprint density at radius 1 is 1.57 bits per heavy atom. The zero-order valence-electron chi connectivity index (χ0n) is 7.84. The van der Waals surface area contributed by atoms with Crippen LogP contribution in [0, 0.1) is 6.92 Å². The van der Waals surface area contributed by atoms with E-state index in [-0.39, 0.29) is 0 Å². The van der Waals surface area contributed by atoms with Gasteiger partial charge in [0.05, 0.1) is 12.7 Å². The lowest BCUT2D eigenvalue weighted by molar-refractivity contribution is 0.637. The number of nitrogens with one attached hydrogen (secondary N) is 1. The second-order valence-electron chi connectivity index (χ2n) is 2.95. The number of aromatic nitrogens is 4. The summed E-state index contributed by atoms with van der Waals surface area (Å²) in [6.07, 6.45) is 5.41. The Kier molecular flexibility index (Phi) is 2.73. The fourth-order valence-corrected chi connectivity index (χ4v) is 1.57. The molecule has 0 aliphatic rings. The van der Waals surface area contributed by atoms with Crippen LogP contribution >= 0.6 is 11.5 Å². The first kappa shape index (κ1) is 9.14. The summed E-state index contributed by atoms with van der Waals surface area (Å²) in [6.45, 7) is 3.69. The minimum Gasteiger partial charge on any atom is -0.358 e. The average Bonchev–Trinajstić information content (AvgIpc) is 2.77. The molecule has 0 aliphatic carbocycles. The molecule has 0 unspecified atom stereocenters. The Bertz CT molecular complexity index is 380. The molecule has 74 valence electrons. The normalized spacial score (nSPS) is 10.4. The van der Waals surface area contributed by atoms with E-state index < -0.39 is 0 Å². The summed E-state index contributed by atoms with van der Waals surface area (Å²) in [6, 6.07) is 0. The van der Waals surface area contributed by atoms with Gasteiger partial charge < -0.3 is 5.32 Å². The van der Waals surface area contributed by atoms with Crippen LogP contribution in [0.1, 0.15) is 5.56 Å². The summed E-state index contributed by atoms with van der Waals surface area (Å²) >= 11 is 1.36. The summed E-state index contributed by atoms with van der Waals surface area (Å²) in [5.74, 6) is 0. The average molecular weight is 209 g/mol. The standard InChI is InChI=1S/C8H11N5S/c1-7-4-11-13(5-7)3-2-9-8-10-6-12-14-8/h4-6H,2-3H2,1H3,(H,9,10,12). The van der Waals surface area contributed by atoms with E-state index in [0.717, 1.165) is 18.2 Å². The monoisotopic (exact) mass is 209 g/mol. The Morgan fingerprint density at radius 2 is 2.50 bits per heavy atom. The Balaban J connectivity index is 1.78. The zero-order valence-corrected chi connectivity index (χ0v) is 8.66. The Morgan fingerprint density at radius 3 is 3.14 bits per heavy atom. The third-order valence-corrected chi connectivity index (χ3v) is 2.36. The number of nitrogens with zero attached hydrogens (tertiary/aromatic N) is 4. The van der Waals surface area contributed by atoms with Crippen LogP contribution in [0.5, 0.6) is 0 Å². The SMILES string of the molecule is Cc1cnn(CCNc2ncns2)c1. The molecule has 0 bridgehead atoms. The van der Waals surface area contributed by atoms with Crippen LogP contribution in [0.25, 0.3) is 0 Å². The van der Waals surface area contributed by atoms with Gasteiger partial charge in [0.25, 0.3) is 0 Å². The predicted molar refractivity (Wildman–Crippen MR) is 55.4 cm³/mol. The number of rotatable bonds is 4. The van der Waals surface area contributed by atoms with E-state index in [1.807, 2.05) is 24.0 Å². The molecule has 1 N–H and O–H groups in total. The molecular formula is C8H11N5S. The maximum atomic E-state index is 4.18. The van der Waals surface area contributed by atoms with Gasteiger partial charge in [-0.2, -0.15) is 9.47 Å². The fourth-order valence-electron chi connectivity index (χ4n) is 1.12. The number of anilines is 1. The molecule has 14 heavy (non-hydrogen) atoms. The fraction of sp³-hybridized carbons (Fsp3) is 0.375. The molecule has 2 heterocycles. The van der Waals surface area contributed by atoms with Gasteiger partial charge in [0.1, 0.15) is 6.33 Å². The number of hydrogen-bond acceptors (Lipinski definition) is 5. The molecule has 0 aliphatic heterocycles. The molecule has 0 amide bonds. The van der Waals surface area contributed by atoms with Crippen molar-refractivity contribution in [3.8, 4) is 0 Å². The summed E-state index contributed by atoms with van der Waals surface area (Å²) in [5, 5.41) is 8.20. The van der Waals surface area contributed by atoms with Crippen LogP contribution in [0.3, 0.4) is 0 Å². The third kappa shape index (κ3) is 2.29. The lowest BCUT2D eigenvalue weighted by Crippen LogP contribution is -2.10. The molecule has 5 nitrogen and oxygen atoms in total. The molecule has 0 atom stereocenters. The third-order valence-electron chi connectivity index (χ3n) is 1.74. The zero-order chi connectivity index (χ0) is 9.80. The molecule has 0 spiro atoms. The first-order chi connectivity index (χ1) is 6.84. The van der Waals surface area contributed by atoms with Crippen LogP contribution in [0.15, 0.2) is 18.7 Å². The van der Waals surface area contributed by atoms with Gasteiger partial charge in [-0.25, -0.2) is 4.98 Å². The highest BCUT2D eigenvalue weighted by atomic mass is 32.1. The lowest BCUT2D eigenvalue weighted by atomic mass is 10.4. The lowest BCUT2D eigenvalue weighted by Gasteiger charge is -2.01. The molecule has 6 heteroatoms. The van der Waals surface area contributed by atoms with Crippen molar-refractivity contribution in [3.63, 3.8) is 0 Å². The molecule has 0 aromatic carbocycles. The summed E-state index contributed by atoms with van der Waals surface area (Å²) in [7, 11) is 0. The van der Waals surface area contributed by atoms with E-state index in [2.05, 4.69) is 19.8 Å². The van der Waals surface area contributed by atoms with Gasteiger partial charge in [0.15, 0.2) is 0 Å². The smallest absolute Gasteiger partial charge is 0.202 e. The quantitative estimate of drug-likeness (QED) is 0.820. The Labute approximate surface area is 86.0 Å². The van der Waals surface area contributed by atoms with Gasteiger partial charge in [-0.1, -0.05) is 0 Å². The van der Waals surface area contributed by atoms with Gasteiger partial charge >= 0.3 is 0 Å². The highest BCUT2D eigenvalue weighted by Crippen LogP contribution is 2.05. The van der Waals surface area contributed by atoms with Gasteiger partial charge in [-0.3, -0.25) is 4.68 Å². The number of aryl methyl sites for hydroxylation is 1. The van der Waals surface area contributed by atoms with Crippen LogP contribution in [-0.4, -0.2) is 25.7 Å². The molecule has 0 saturated carbocycles. The van der Waals surface area contributed by atoms with Crippen LogP contribution in [0.2, 0.25) is 0 Å². The highest BCUT2D eigenvalue weighted by Gasteiger charge is 1.96. The van der Waals surface area contributed by atoms with Crippen LogP contribution in [0.4, 0.5) is 5.13 Å². The summed E-state index contributed by atoms with van der Waals surface area (Å²) in [5.41, 5.74) is 1.18. The van der Waals surface area contributed by atoms with Gasteiger partial charge in [-0.05, 0) is 12.5 Å². The van der Waals surface area contributed by atoms with Gasteiger partial charge in [0.2, 0.25) is 5.13 Å². The van der Waals surface area contributed by atoms with Crippen molar-refractivity contribution in [3.05, 3.63) is 24.3 Å². The molecule has 0 saturated heterocycles. The maximum Gasteiger partial charge on any atom is 0.202 e. The second-order valence-corrected chi connectivity index (χ2v) is 3.73. The summed E-state index contributed by atoms with van der Waals surface area (Å²) in [4.78, 5) is 4.02. The van der Waals surface area contributed by atoms with E-state index in [9.17, 15) is 0 Å². The Hall–Kier alpha value is -1.43. The first-order valence-electron chi connectivity index (χ1n) is 4.34. The van der Waals surface area contributed by atoms with Crippen molar-refractivity contribution in [1.82, 2.24) is 19.1 Å². The molecule has 0 radical (unpaired) electrons. The van der Waals surface area contributed by atoms with Crippen molar-refractivity contribution >= 4 is 16.7 Å². The molecule has 2 aromatic heterocycles. The topological polar surface area (TPSA) is 55.6 Å². The van der Waals surface area contributed by atoms with Crippen molar-refractivity contribution < 1.29 is 0 Å². The van der Waals surface area contributed by atoms with E-state index >= 15 is 0 Å². The first-order valence-corrected chi connectivity index (χ1v) is 5.11. The summed E-state index contributed by atoms with van der Waals surface area (Å²) < 4.78 is 5.80. The van der Waals surface area contributed by atoms with Crippen LogP contribution < -0.4 is 5.32 Å². The van der Waals surface area contributed by atoms with E-state index in [4.69, 9.17) is 0 Å². The van der Waals surface area contributed by atoms with Crippen molar-refractivity contribution in [2.45, 2.75) is 13.5 Å². The van der Waals surface area contributed by atoms with Gasteiger partial charge in [0, 0.05) is 24.3 Å². The van der Waals surface area contributed by atoms with E-state index in [1.54, 1.807) is 6.33 Å². The minimum atomic E-state index is 0.816. The second kappa shape index (κ2) is 4.19. The van der Waals surface area contributed by atoms with Crippen LogP contribution in [-0.2, 0) is 6.54 Å². The van der Waals surface area contributed by atoms with E-state index in [0.29, 0.717) is 0 Å². The molecular weight excluding hydrogens is 198 g/mol. The predicted octanol–water partition coefficient (Wildman–Crippen LogP) is 1.16. The minimum absolute atomic E-state index is 0.816. The molecule has 2 aromatic rings. The number of hydrogen-bond donors (Lipinski definition) is 1.